The highest BCUT2D eigenvalue weighted by molar-refractivity contribution is 6.07. The molecule has 2 aromatic rings. The van der Waals surface area contributed by atoms with Crippen LogP contribution in [0.2, 0.25) is 0 Å². The van der Waals surface area contributed by atoms with Crippen molar-refractivity contribution >= 4 is 22.8 Å². The van der Waals surface area contributed by atoms with Gasteiger partial charge < -0.3 is 15.8 Å². The molecule has 0 aliphatic carbocycles. The summed E-state index contributed by atoms with van der Waals surface area (Å²) in [6.45, 7) is 0. The first-order valence-corrected chi connectivity index (χ1v) is 4.24. The number of nitrogens with two attached hydrogens (primary N) is 1. The van der Waals surface area contributed by atoms with E-state index in [0.29, 0.717) is 16.5 Å². The van der Waals surface area contributed by atoms with Gasteiger partial charge in [0.2, 0.25) is 0 Å². The fourth-order valence-corrected chi connectivity index (χ4v) is 1.46. The fraction of sp³-hybridized carbons (Fsp3) is 0. The van der Waals surface area contributed by atoms with E-state index < -0.39 is 11.9 Å². The van der Waals surface area contributed by atoms with Crippen LogP contribution in [0, 0.1) is 0 Å². The van der Waals surface area contributed by atoms with Gasteiger partial charge in [-0.3, -0.25) is 4.79 Å². The number of amides is 1. The summed E-state index contributed by atoms with van der Waals surface area (Å²) in [4.78, 5) is 24.6. The number of rotatable bonds is 2. The van der Waals surface area contributed by atoms with Crippen molar-refractivity contribution in [3.63, 3.8) is 0 Å². The van der Waals surface area contributed by atoms with E-state index in [1.165, 1.54) is 18.3 Å². The molecule has 0 bridgehead atoms. The third-order valence-electron chi connectivity index (χ3n) is 2.19. The zero-order chi connectivity index (χ0) is 11.0. The van der Waals surface area contributed by atoms with Gasteiger partial charge in [0, 0.05) is 17.1 Å². The summed E-state index contributed by atoms with van der Waals surface area (Å²) >= 11 is 0. The van der Waals surface area contributed by atoms with Gasteiger partial charge in [-0.2, -0.15) is 0 Å². The number of nitrogens with one attached hydrogen (secondary N) is 1. The molecule has 1 aromatic heterocycles. The second kappa shape index (κ2) is 3.13. The lowest BCUT2D eigenvalue weighted by atomic mass is 10.1. The average Bonchev–Trinajstić information content (AvgIpc) is 2.59. The van der Waals surface area contributed by atoms with Crippen LogP contribution < -0.4 is 5.73 Å². The fourth-order valence-electron chi connectivity index (χ4n) is 1.46. The van der Waals surface area contributed by atoms with Crippen LogP contribution in [0.25, 0.3) is 10.9 Å². The number of hydrogen-bond acceptors (Lipinski definition) is 2. The first-order chi connectivity index (χ1) is 7.09. The number of aromatic carboxylic acids is 1. The first kappa shape index (κ1) is 9.26. The summed E-state index contributed by atoms with van der Waals surface area (Å²) in [5, 5.41) is 9.31. The minimum Gasteiger partial charge on any atom is -0.478 e. The number of aromatic nitrogens is 1. The van der Waals surface area contributed by atoms with Crippen LogP contribution in [0.4, 0.5) is 0 Å². The van der Waals surface area contributed by atoms with Crippen molar-refractivity contribution in [2.24, 2.45) is 5.73 Å². The molecule has 0 spiro atoms. The van der Waals surface area contributed by atoms with Gasteiger partial charge in [0.25, 0.3) is 5.91 Å². The van der Waals surface area contributed by atoms with Crippen molar-refractivity contribution in [1.29, 1.82) is 0 Å². The zero-order valence-electron chi connectivity index (χ0n) is 7.65. The van der Waals surface area contributed by atoms with Crippen LogP contribution in [0.5, 0.6) is 0 Å². The molecule has 76 valence electrons. The van der Waals surface area contributed by atoms with E-state index in [9.17, 15) is 9.59 Å². The van der Waals surface area contributed by atoms with E-state index in [-0.39, 0.29) is 5.56 Å². The van der Waals surface area contributed by atoms with Crippen molar-refractivity contribution in [2.75, 3.05) is 0 Å². The molecule has 5 nitrogen and oxygen atoms in total. The summed E-state index contributed by atoms with van der Waals surface area (Å²) < 4.78 is 0. The number of aromatic amines is 1. The second-order valence-electron chi connectivity index (χ2n) is 3.13. The molecular formula is C10H8N2O3. The van der Waals surface area contributed by atoms with E-state index in [1.54, 1.807) is 6.07 Å². The Kier molecular flexibility index (Phi) is 1.93. The lowest BCUT2D eigenvalue weighted by molar-refractivity contribution is 0.0696. The van der Waals surface area contributed by atoms with Crippen LogP contribution in [0.15, 0.2) is 24.4 Å². The van der Waals surface area contributed by atoms with Crippen LogP contribution >= 0.6 is 0 Å². The highest BCUT2D eigenvalue weighted by atomic mass is 16.4. The third-order valence-corrected chi connectivity index (χ3v) is 2.19. The Bertz CT molecular complexity index is 557. The quantitative estimate of drug-likeness (QED) is 0.679. The average molecular weight is 204 g/mol. The molecule has 0 saturated carbocycles. The monoisotopic (exact) mass is 204 g/mol. The number of fused-ring (bicyclic) bond motifs is 1. The summed E-state index contributed by atoms with van der Waals surface area (Å²) in [5.74, 6) is -1.61. The normalized spacial score (nSPS) is 10.4. The summed E-state index contributed by atoms with van der Waals surface area (Å²) in [6, 6.07) is 4.49. The lowest BCUT2D eigenvalue weighted by Crippen LogP contribution is -2.10. The Morgan fingerprint density at radius 3 is 2.67 bits per heavy atom. The predicted octanol–water partition coefficient (Wildman–Crippen LogP) is 0.965. The van der Waals surface area contributed by atoms with Gasteiger partial charge in [-0.05, 0) is 18.2 Å². The maximum absolute atomic E-state index is 11.0. The van der Waals surface area contributed by atoms with Crippen LogP contribution in [-0.2, 0) is 0 Å². The Labute approximate surface area is 84.5 Å². The minimum absolute atomic E-state index is 0.129. The van der Waals surface area contributed by atoms with E-state index >= 15 is 0 Å². The number of carboxylic acids is 1. The van der Waals surface area contributed by atoms with E-state index in [0.717, 1.165) is 0 Å². The highest BCUT2D eigenvalue weighted by Crippen LogP contribution is 2.19. The summed E-state index contributed by atoms with van der Waals surface area (Å²) in [6.07, 6.45) is 1.47. The Morgan fingerprint density at radius 1 is 1.33 bits per heavy atom. The summed E-state index contributed by atoms with van der Waals surface area (Å²) in [5.41, 5.74) is 6.26. The zero-order valence-corrected chi connectivity index (χ0v) is 7.65. The van der Waals surface area contributed by atoms with Gasteiger partial charge in [-0.1, -0.05) is 0 Å². The molecule has 0 aliphatic heterocycles. The molecule has 4 N–H and O–H groups in total. The summed E-state index contributed by atoms with van der Waals surface area (Å²) in [7, 11) is 0. The molecule has 0 atom stereocenters. The highest BCUT2D eigenvalue weighted by Gasteiger charge is 2.11. The van der Waals surface area contributed by atoms with Crippen molar-refractivity contribution in [3.8, 4) is 0 Å². The van der Waals surface area contributed by atoms with Gasteiger partial charge in [0.15, 0.2) is 0 Å². The number of carbonyl (C=O) groups excluding carboxylic acids is 1. The van der Waals surface area contributed by atoms with Gasteiger partial charge in [-0.25, -0.2) is 4.79 Å². The topological polar surface area (TPSA) is 96.2 Å². The van der Waals surface area contributed by atoms with Crippen LogP contribution in [0.3, 0.4) is 0 Å². The number of carbonyl (C=O) groups is 2. The van der Waals surface area contributed by atoms with E-state index in [1.807, 2.05) is 0 Å². The van der Waals surface area contributed by atoms with E-state index in [2.05, 4.69) is 4.98 Å². The Morgan fingerprint density at radius 2 is 2.07 bits per heavy atom. The molecular weight excluding hydrogens is 196 g/mol. The molecule has 15 heavy (non-hydrogen) atoms. The van der Waals surface area contributed by atoms with Gasteiger partial charge in [-0.15, -0.1) is 0 Å². The SMILES string of the molecule is NC(=O)c1c[nH]c2ccc(C(=O)O)cc12. The Hall–Kier alpha value is -2.30. The molecule has 1 amide bonds. The van der Waals surface area contributed by atoms with Crippen molar-refractivity contribution in [1.82, 2.24) is 4.98 Å². The van der Waals surface area contributed by atoms with Crippen LogP contribution in [0.1, 0.15) is 20.7 Å². The lowest BCUT2D eigenvalue weighted by Gasteiger charge is -1.96. The van der Waals surface area contributed by atoms with Gasteiger partial charge in [0.05, 0.1) is 11.1 Å². The maximum Gasteiger partial charge on any atom is 0.335 e. The number of benzene rings is 1. The number of primary amides is 1. The molecule has 0 fully saturated rings. The predicted molar refractivity (Wildman–Crippen MR) is 53.8 cm³/mol. The third kappa shape index (κ3) is 1.43. The standard InChI is InChI=1S/C10H8N2O3/c11-9(13)7-4-12-8-2-1-5(10(14)15)3-6(7)8/h1-4,12H,(H2,11,13)(H,14,15). The maximum atomic E-state index is 11.0. The molecule has 0 radical (unpaired) electrons. The van der Waals surface area contributed by atoms with Crippen molar-refractivity contribution < 1.29 is 14.7 Å². The number of H-pyrrole nitrogens is 1. The molecule has 2 rings (SSSR count). The first-order valence-electron chi connectivity index (χ1n) is 4.24. The van der Waals surface area contributed by atoms with Crippen LogP contribution in [-0.4, -0.2) is 22.0 Å². The largest absolute Gasteiger partial charge is 0.478 e. The van der Waals surface area contributed by atoms with Crippen molar-refractivity contribution in [2.45, 2.75) is 0 Å². The smallest absolute Gasteiger partial charge is 0.335 e. The van der Waals surface area contributed by atoms with Crippen molar-refractivity contribution in [3.05, 3.63) is 35.5 Å². The number of carboxylic acid groups (broad SMARTS) is 1. The van der Waals surface area contributed by atoms with Gasteiger partial charge in [0.1, 0.15) is 0 Å². The minimum atomic E-state index is -1.03. The number of hydrogen-bond donors (Lipinski definition) is 3. The second-order valence-corrected chi connectivity index (χ2v) is 3.13. The Balaban J connectivity index is 2.72. The van der Waals surface area contributed by atoms with E-state index in [4.69, 9.17) is 10.8 Å². The molecule has 0 unspecified atom stereocenters. The molecule has 5 heteroatoms. The molecule has 0 saturated heterocycles. The molecule has 1 aromatic carbocycles. The van der Waals surface area contributed by atoms with Gasteiger partial charge >= 0.3 is 5.97 Å². The molecule has 0 aliphatic rings. The molecule has 1 heterocycles.